The Kier molecular flexibility index (Phi) is 3.35. The van der Waals surface area contributed by atoms with E-state index in [1.54, 1.807) is 24.3 Å². The molecule has 1 aromatic rings. The number of anilines is 1. The van der Waals surface area contributed by atoms with Gasteiger partial charge in [-0.3, -0.25) is 9.59 Å². The van der Waals surface area contributed by atoms with E-state index >= 15 is 0 Å². The predicted molar refractivity (Wildman–Crippen MR) is 85.2 cm³/mol. The molecule has 7 heteroatoms. The van der Waals surface area contributed by atoms with Crippen LogP contribution in [0.5, 0.6) is 0 Å². The maximum Gasteiger partial charge on any atom is 0.332 e. The summed E-state index contributed by atoms with van der Waals surface area (Å²) in [6.45, 7) is 0.800. The number of rotatable bonds is 2. The number of carbonyl (C=O) groups is 3. The molecular weight excluding hydrogens is 310 g/mol. The van der Waals surface area contributed by atoms with Gasteiger partial charge in [-0.05, 0) is 31.4 Å². The van der Waals surface area contributed by atoms with E-state index in [0.29, 0.717) is 31.6 Å². The van der Waals surface area contributed by atoms with Crippen molar-refractivity contribution in [3.8, 4) is 0 Å². The summed E-state index contributed by atoms with van der Waals surface area (Å²) in [5.41, 5.74) is -0.732. The van der Waals surface area contributed by atoms with Crippen LogP contribution in [0.25, 0.3) is 0 Å². The summed E-state index contributed by atoms with van der Waals surface area (Å²) >= 11 is 0. The molecule has 0 spiro atoms. The summed E-state index contributed by atoms with van der Waals surface area (Å²) in [5, 5.41) is 10.3. The van der Waals surface area contributed by atoms with Crippen molar-refractivity contribution in [2.45, 2.75) is 30.9 Å². The van der Waals surface area contributed by atoms with Crippen LogP contribution >= 0.6 is 0 Å². The average Bonchev–Trinajstić information content (AvgIpc) is 2.83. The number of para-hydroxylation sites is 1. The van der Waals surface area contributed by atoms with Crippen LogP contribution in [0.2, 0.25) is 0 Å². The second kappa shape index (κ2) is 5.31. The lowest BCUT2D eigenvalue weighted by atomic mass is 9.79. The first-order valence-corrected chi connectivity index (χ1v) is 8.23. The molecule has 3 fully saturated rings. The zero-order valence-corrected chi connectivity index (χ0v) is 13.2. The van der Waals surface area contributed by atoms with Crippen LogP contribution in [-0.4, -0.2) is 64.0 Å². The van der Waals surface area contributed by atoms with Gasteiger partial charge in [-0.1, -0.05) is 18.2 Å². The van der Waals surface area contributed by atoms with Crippen LogP contribution in [0.3, 0.4) is 0 Å². The number of hydrogen-bond acceptors (Lipinski definition) is 4. The molecule has 4 amide bonds. The molecule has 1 aliphatic carbocycles. The van der Waals surface area contributed by atoms with Gasteiger partial charge in [0, 0.05) is 13.1 Å². The van der Waals surface area contributed by atoms with Gasteiger partial charge in [-0.2, -0.15) is 0 Å². The van der Waals surface area contributed by atoms with Crippen molar-refractivity contribution in [2.24, 2.45) is 0 Å². The number of carbonyl (C=O) groups excluding carboxylic acids is 3. The van der Waals surface area contributed by atoms with E-state index in [1.807, 2.05) is 6.07 Å². The third-order valence-corrected chi connectivity index (χ3v) is 5.20. The van der Waals surface area contributed by atoms with Gasteiger partial charge < -0.3 is 14.9 Å². The molecule has 0 bridgehead atoms. The molecule has 1 aromatic carbocycles. The molecule has 3 aliphatic rings. The fourth-order valence-electron chi connectivity index (χ4n) is 3.61. The Labute approximate surface area is 139 Å². The normalized spacial score (nSPS) is 25.5. The number of aliphatic hydroxyl groups is 1. The van der Waals surface area contributed by atoms with Crippen molar-refractivity contribution in [1.29, 1.82) is 0 Å². The maximum absolute atomic E-state index is 12.7. The summed E-state index contributed by atoms with van der Waals surface area (Å²) in [4.78, 5) is 42.0. The fourth-order valence-corrected chi connectivity index (χ4v) is 3.61. The number of piperazine rings is 1. The zero-order valence-electron chi connectivity index (χ0n) is 13.2. The monoisotopic (exact) mass is 329 g/mol. The first-order chi connectivity index (χ1) is 11.5. The van der Waals surface area contributed by atoms with Crippen molar-refractivity contribution in [3.05, 3.63) is 30.3 Å². The van der Waals surface area contributed by atoms with Crippen molar-refractivity contribution in [2.75, 3.05) is 24.5 Å². The molecule has 2 aliphatic heterocycles. The third-order valence-electron chi connectivity index (χ3n) is 5.20. The standard InChI is InChI=1S/C17H19N3O4/c21-14-13-11-18(15(22)17(24)7-4-8-17)9-10-19(13)16(23)20(14)12-5-2-1-3-6-12/h1-3,5-6,13,24H,4,7-11H2. The smallest absolute Gasteiger partial charge is 0.332 e. The van der Waals surface area contributed by atoms with Gasteiger partial charge in [-0.25, -0.2) is 9.69 Å². The molecule has 24 heavy (non-hydrogen) atoms. The molecule has 4 rings (SSSR count). The number of hydrogen-bond donors (Lipinski definition) is 1. The SMILES string of the molecule is O=C1C2CN(C(=O)C3(O)CCC3)CCN2C(=O)N1c1ccccc1. The summed E-state index contributed by atoms with van der Waals surface area (Å²) in [6, 6.07) is 7.79. The number of urea groups is 1. The molecule has 2 saturated heterocycles. The number of imide groups is 1. The minimum Gasteiger partial charge on any atom is -0.380 e. The second-order valence-corrected chi connectivity index (χ2v) is 6.64. The second-order valence-electron chi connectivity index (χ2n) is 6.64. The molecule has 1 saturated carbocycles. The highest BCUT2D eigenvalue weighted by molar-refractivity contribution is 6.21. The lowest BCUT2D eigenvalue weighted by Crippen LogP contribution is -2.61. The molecule has 0 radical (unpaired) electrons. The third kappa shape index (κ3) is 2.11. The minimum atomic E-state index is -1.27. The van der Waals surface area contributed by atoms with E-state index in [4.69, 9.17) is 0 Å². The van der Waals surface area contributed by atoms with Crippen molar-refractivity contribution in [1.82, 2.24) is 9.80 Å². The Bertz CT molecular complexity index is 701. The summed E-state index contributed by atoms with van der Waals surface area (Å²) in [7, 11) is 0. The quantitative estimate of drug-likeness (QED) is 0.805. The number of benzene rings is 1. The fraction of sp³-hybridized carbons (Fsp3) is 0.471. The van der Waals surface area contributed by atoms with Crippen molar-refractivity contribution in [3.63, 3.8) is 0 Å². The molecular formula is C17H19N3O4. The topological polar surface area (TPSA) is 81.2 Å². The van der Waals surface area contributed by atoms with Crippen LogP contribution in [-0.2, 0) is 9.59 Å². The Hall–Kier alpha value is -2.41. The molecule has 7 nitrogen and oxygen atoms in total. The highest BCUT2D eigenvalue weighted by Gasteiger charge is 2.52. The van der Waals surface area contributed by atoms with E-state index in [9.17, 15) is 19.5 Å². The predicted octanol–water partition coefficient (Wildman–Crippen LogP) is 0.581. The Morgan fingerprint density at radius 3 is 2.46 bits per heavy atom. The van der Waals surface area contributed by atoms with Gasteiger partial charge >= 0.3 is 6.03 Å². The number of fused-ring (bicyclic) bond motifs is 1. The molecule has 0 aromatic heterocycles. The van der Waals surface area contributed by atoms with E-state index < -0.39 is 11.6 Å². The van der Waals surface area contributed by atoms with E-state index in [1.165, 1.54) is 14.7 Å². The highest BCUT2D eigenvalue weighted by Crippen LogP contribution is 2.35. The maximum atomic E-state index is 12.7. The molecule has 2 heterocycles. The van der Waals surface area contributed by atoms with Crippen LogP contribution < -0.4 is 4.90 Å². The summed E-state index contributed by atoms with van der Waals surface area (Å²) in [6.07, 6.45) is 1.78. The number of amides is 4. The Balaban J connectivity index is 1.55. The number of nitrogens with zero attached hydrogens (tertiary/aromatic N) is 3. The first kappa shape index (κ1) is 15.1. The molecule has 1 atom stereocenters. The van der Waals surface area contributed by atoms with Crippen LogP contribution in [0.1, 0.15) is 19.3 Å². The van der Waals surface area contributed by atoms with Crippen molar-refractivity contribution >= 4 is 23.5 Å². The van der Waals surface area contributed by atoms with Gasteiger partial charge in [0.25, 0.3) is 11.8 Å². The highest BCUT2D eigenvalue weighted by atomic mass is 16.3. The first-order valence-electron chi connectivity index (χ1n) is 8.23. The van der Waals surface area contributed by atoms with Crippen molar-refractivity contribution < 1.29 is 19.5 Å². The zero-order chi connectivity index (χ0) is 16.9. The largest absolute Gasteiger partial charge is 0.380 e. The van der Waals surface area contributed by atoms with Gasteiger partial charge in [0.05, 0.1) is 12.2 Å². The Morgan fingerprint density at radius 1 is 1.12 bits per heavy atom. The van der Waals surface area contributed by atoms with Gasteiger partial charge in [0.15, 0.2) is 0 Å². The van der Waals surface area contributed by atoms with Gasteiger partial charge in [0.1, 0.15) is 11.6 Å². The average molecular weight is 329 g/mol. The van der Waals surface area contributed by atoms with E-state index in [0.717, 1.165) is 6.42 Å². The molecule has 1 N–H and O–H groups in total. The summed E-state index contributed by atoms with van der Waals surface area (Å²) in [5.74, 6) is -0.629. The molecule has 1 unspecified atom stereocenters. The summed E-state index contributed by atoms with van der Waals surface area (Å²) < 4.78 is 0. The van der Waals surface area contributed by atoms with Crippen LogP contribution in [0.15, 0.2) is 30.3 Å². The lowest BCUT2D eigenvalue weighted by molar-refractivity contribution is -0.162. The van der Waals surface area contributed by atoms with Crippen LogP contribution in [0.4, 0.5) is 10.5 Å². The van der Waals surface area contributed by atoms with E-state index in [2.05, 4.69) is 0 Å². The van der Waals surface area contributed by atoms with Gasteiger partial charge in [0.2, 0.25) is 0 Å². The van der Waals surface area contributed by atoms with E-state index in [-0.39, 0.29) is 24.4 Å². The molecule has 126 valence electrons. The van der Waals surface area contributed by atoms with Gasteiger partial charge in [-0.15, -0.1) is 0 Å². The minimum absolute atomic E-state index is 0.148. The van der Waals surface area contributed by atoms with Crippen LogP contribution in [0, 0.1) is 0 Å². The Morgan fingerprint density at radius 2 is 1.83 bits per heavy atom. The lowest BCUT2D eigenvalue weighted by Gasteiger charge is -2.42.